The van der Waals surface area contributed by atoms with Gasteiger partial charge in [0, 0.05) is 5.92 Å². The fraction of sp³-hybridized carbons (Fsp3) is 0.316. The van der Waals surface area contributed by atoms with Crippen LogP contribution in [0.5, 0.6) is 0 Å². The van der Waals surface area contributed by atoms with Gasteiger partial charge in [0.15, 0.2) is 0 Å². The molecule has 44 heavy (non-hydrogen) atoms. The monoisotopic (exact) mass is 675 g/mol. The Hall–Kier alpha value is -2.27. The summed E-state index contributed by atoms with van der Waals surface area (Å²) in [5.41, 5.74) is 7.23. The molecular weight excluding hydrogens is 633 g/mol. The molecule has 1 aliphatic rings. The first-order valence-electron chi connectivity index (χ1n) is 16.0. The fourth-order valence-electron chi connectivity index (χ4n) is 5.92. The van der Waals surface area contributed by atoms with Crippen LogP contribution in [0.3, 0.4) is 0 Å². The van der Waals surface area contributed by atoms with E-state index in [2.05, 4.69) is 103 Å². The number of carbonyl (C=O) groups is 1. The molecule has 5 aromatic rings. The molecule has 0 aliphatic heterocycles. The van der Waals surface area contributed by atoms with Crippen molar-refractivity contribution in [1.29, 1.82) is 0 Å². The zero-order valence-corrected chi connectivity index (χ0v) is 29.6. The van der Waals surface area contributed by atoms with Crippen LogP contribution in [0.1, 0.15) is 70.6 Å². The molecule has 0 spiro atoms. The molecule has 1 amide bonds. The Morgan fingerprint density at radius 2 is 0.955 bits per heavy atom. The van der Waals surface area contributed by atoms with Crippen LogP contribution in [-0.2, 0) is 19.3 Å². The summed E-state index contributed by atoms with van der Waals surface area (Å²) in [5.74, 6) is -0.281. The Balaban J connectivity index is 0.000000151. The first kappa shape index (κ1) is 34.6. The van der Waals surface area contributed by atoms with Gasteiger partial charge in [-0.1, -0.05) is 94.2 Å². The summed E-state index contributed by atoms with van der Waals surface area (Å²) >= 11 is -1.96. The largest absolute Gasteiger partial charge is 0.668 e. The van der Waals surface area contributed by atoms with Gasteiger partial charge in [-0.3, -0.25) is 0 Å². The quantitative estimate of drug-likeness (QED) is 0.139. The normalized spacial score (nSPS) is 14.6. The maximum atomic E-state index is 11.1. The zero-order chi connectivity index (χ0) is 31.0. The van der Waals surface area contributed by atoms with E-state index in [-0.39, 0.29) is 11.8 Å². The van der Waals surface area contributed by atoms with Gasteiger partial charge in [-0.15, -0.1) is 39.7 Å². The van der Waals surface area contributed by atoms with E-state index in [9.17, 15) is 4.79 Å². The molecular formula is C38H43Cl2NOSiTi-2. The topological polar surface area (TPSA) is 40.9 Å². The number of rotatable bonds is 3. The SMILES string of the molecule is [Cl][Ti]([Cl])=[Si](c1ccccc1)c1ccccc1.[NH-]C(=O)C1CCCCCCCCCCC1.c1ccc2c(c1)[cH-]c1ccccc12. The van der Waals surface area contributed by atoms with E-state index < -0.39 is 20.7 Å². The van der Waals surface area contributed by atoms with E-state index in [1.165, 1.54) is 76.9 Å². The molecule has 6 heteroatoms. The molecule has 230 valence electrons. The average molecular weight is 677 g/mol. The first-order valence-corrected chi connectivity index (χ1v) is 24.1. The fourth-order valence-corrected chi connectivity index (χ4v) is 16.7. The Morgan fingerprint density at radius 1 is 0.591 bits per heavy atom. The Morgan fingerprint density at radius 3 is 1.34 bits per heavy atom. The van der Waals surface area contributed by atoms with Gasteiger partial charge >= 0.3 is 110 Å². The van der Waals surface area contributed by atoms with Crippen molar-refractivity contribution in [2.45, 2.75) is 70.6 Å². The molecule has 5 aromatic carbocycles. The van der Waals surface area contributed by atoms with Gasteiger partial charge in [-0.05, 0) is 12.8 Å². The van der Waals surface area contributed by atoms with Crippen molar-refractivity contribution >= 4 is 62.6 Å². The minimum Gasteiger partial charge on any atom is -0.668 e. The molecule has 0 bridgehead atoms. The van der Waals surface area contributed by atoms with Crippen LogP contribution in [0.4, 0.5) is 0 Å². The minimum atomic E-state index is -1.96. The second kappa shape index (κ2) is 19.3. The molecule has 1 aliphatic carbocycles. The third-order valence-corrected chi connectivity index (χ3v) is 19.7. The zero-order valence-electron chi connectivity index (χ0n) is 25.5. The summed E-state index contributed by atoms with van der Waals surface area (Å²) in [5, 5.41) is 8.03. The Bertz CT molecular complexity index is 1500. The van der Waals surface area contributed by atoms with Crippen molar-refractivity contribution in [2.75, 3.05) is 0 Å². The average Bonchev–Trinajstić information content (AvgIpc) is 3.42. The molecule has 0 unspecified atom stereocenters. The molecule has 2 nitrogen and oxygen atoms in total. The number of benzene rings is 4. The van der Waals surface area contributed by atoms with Crippen LogP contribution in [-0.4, -0.2) is 12.1 Å². The van der Waals surface area contributed by atoms with Gasteiger partial charge < -0.3 is 10.5 Å². The van der Waals surface area contributed by atoms with Gasteiger partial charge in [-0.25, -0.2) is 0 Å². The smallest absolute Gasteiger partial charge is 0.0519 e. The van der Waals surface area contributed by atoms with Crippen LogP contribution >= 0.6 is 18.6 Å². The van der Waals surface area contributed by atoms with Crippen LogP contribution in [0.25, 0.3) is 27.3 Å². The van der Waals surface area contributed by atoms with Crippen LogP contribution in [0.15, 0.2) is 115 Å². The maximum Gasteiger partial charge on any atom is 0.0519 e. The van der Waals surface area contributed by atoms with E-state index in [1.54, 1.807) is 0 Å². The predicted molar refractivity (Wildman–Crippen MR) is 190 cm³/mol. The molecule has 0 radical (unpaired) electrons. The summed E-state index contributed by atoms with van der Waals surface area (Å²) in [6.45, 7) is 0. The van der Waals surface area contributed by atoms with Gasteiger partial charge in [-0.2, -0.15) is 0 Å². The second-order valence-corrected chi connectivity index (χ2v) is 25.2. The molecule has 6 rings (SSSR count). The number of fused-ring (bicyclic) bond motifs is 3. The molecule has 0 heterocycles. The van der Waals surface area contributed by atoms with Gasteiger partial charge in [0.1, 0.15) is 0 Å². The number of carbonyl (C=O) groups excluding carboxylic acids is 1. The standard InChI is InChI=1S/C13H25NO.C13H9.C12H10Si.2ClH.Ti/c14-13(15)12-10-8-6-4-2-1-3-5-7-9-11-12;1-3-7-12-10(5-1)9-11-6-2-4-8-13(11)12;1-3-7-11(8-4-1)13-12-9-5-2-6-10-12;;;/h12H,1-11H2,(H2,14,15);1-9H;1-10H;2*1H;/q;-1;;;;+2/p-3. The minimum absolute atomic E-state index is 0.0458. The number of amides is 1. The molecule has 0 saturated heterocycles. The van der Waals surface area contributed by atoms with E-state index in [0.717, 1.165) is 25.7 Å². The Kier molecular flexibility index (Phi) is 15.2. The van der Waals surface area contributed by atoms with Crippen LogP contribution in [0.2, 0.25) is 0 Å². The van der Waals surface area contributed by atoms with E-state index in [1.807, 2.05) is 12.1 Å². The molecule has 0 atom stereocenters. The van der Waals surface area contributed by atoms with Crippen LogP contribution < -0.4 is 10.4 Å². The molecule has 1 fully saturated rings. The number of hydrogen-bond donors (Lipinski definition) is 0. The van der Waals surface area contributed by atoms with Crippen LogP contribution in [0, 0.1) is 5.92 Å². The summed E-state index contributed by atoms with van der Waals surface area (Å²) in [6.07, 6.45) is 12.6. The number of nitrogens with one attached hydrogen (secondary N) is 1. The number of hydrogen-bond acceptors (Lipinski definition) is 1. The summed E-state index contributed by atoms with van der Waals surface area (Å²) in [4.78, 5) is 11.1. The predicted octanol–water partition coefficient (Wildman–Crippen LogP) is 10.9. The maximum absolute atomic E-state index is 11.1. The third-order valence-electron chi connectivity index (χ3n) is 8.31. The third kappa shape index (κ3) is 11.0. The van der Waals surface area contributed by atoms with Gasteiger partial charge in [0.2, 0.25) is 0 Å². The van der Waals surface area contributed by atoms with E-state index in [0.29, 0.717) is 0 Å². The number of halogens is 2. The van der Waals surface area contributed by atoms with Crippen molar-refractivity contribution in [2.24, 2.45) is 5.92 Å². The van der Waals surface area contributed by atoms with Crippen molar-refractivity contribution < 1.29 is 19.3 Å². The Labute approximate surface area is 277 Å². The first-order chi connectivity index (χ1) is 21.5. The second-order valence-electron chi connectivity index (χ2n) is 11.5. The van der Waals surface area contributed by atoms with Gasteiger partial charge in [0.25, 0.3) is 0 Å². The van der Waals surface area contributed by atoms with E-state index >= 15 is 0 Å². The van der Waals surface area contributed by atoms with E-state index in [4.69, 9.17) is 24.3 Å². The van der Waals surface area contributed by atoms with Crippen molar-refractivity contribution in [3.63, 3.8) is 0 Å². The van der Waals surface area contributed by atoms with Gasteiger partial charge in [0.05, 0.1) is 5.91 Å². The molecule has 0 aromatic heterocycles. The van der Waals surface area contributed by atoms with Crippen molar-refractivity contribution in [3.8, 4) is 0 Å². The van der Waals surface area contributed by atoms with Crippen molar-refractivity contribution in [1.82, 2.24) is 0 Å². The van der Waals surface area contributed by atoms with Crippen molar-refractivity contribution in [3.05, 3.63) is 121 Å². The summed E-state index contributed by atoms with van der Waals surface area (Å²) in [7, 11) is 12.6. The summed E-state index contributed by atoms with van der Waals surface area (Å²) < 4.78 is 0. The molecule has 1 saturated carbocycles. The molecule has 1 N–H and O–H groups in total. The summed E-state index contributed by atoms with van der Waals surface area (Å²) in [6, 6.07) is 40.1.